The number of piperidine rings is 1. The van der Waals surface area contributed by atoms with Gasteiger partial charge in [-0.3, -0.25) is 4.79 Å². The molecule has 0 aromatic carbocycles. The Morgan fingerprint density at radius 2 is 1.89 bits per heavy atom. The Morgan fingerprint density at radius 1 is 1.32 bits per heavy atom. The normalized spacial score (nSPS) is 19.7. The summed E-state index contributed by atoms with van der Waals surface area (Å²) in [4.78, 5) is 18.4. The van der Waals surface area contributed by atoms with Crippen molar-refractivity contribution in [3.8, 4) is 0 Å². The summed E-state index contributed by atoms with van der Waals surface area (Å²) in [5.74, 6) is 0.0549. The van der Waals surface area contributed by atoms with Gasteiger partial charge in [0.15, 0.2) is 0 Å². The fourth-order valence-electron chi connectivity index (χ4n) is 2.45. The van der Waals surface area contributed by atoms with Gasteiger partial charge in [-0.15, -0.1) is 0 Å². The number of hydrogen-bond acceptors (Lipinski definition) is 4. The lowest BCUT2D eigenvalue weighted by Gasteiger charge is -2.35. The first-order chi connectivity index (χ1) is 8.95. The van der Waals surface area contributed by atoms with Crippen LogP contribution >= 0.6 is 0 Å². The molecule has 0 bridgehead atoms. The molecule has 112 valence electrons. The van der Waals surface area contributed by atoms with Crippen LogP contribution in [0.25, 0.3) is 0 Å². The summed E-state index contributed by atoms with van der Waals surface area (Å²) in [6.07, 6.45) is 2.09. The molecule has 0 aromatic heterocycles. The Balaban J connectivity index is 2.29. The van der Waals surface area contributed by atoms with Crippen molar-refractivity contribution in [3.05, 3.63) is 0 Å². The number of ether oxygens (including phenoxy) is 1. The van der Waals surface area contributed by atoms with E-state index < -0.39 is 0 Å². The van der Waals surface area contributed by atoms with E-state index in [-0.39, 0.29) is 12.0 Å². The number of likely N-dealkylation sites (tertiary alicyclic amines) is 1. The van der Waals surface area contributed by atoms with Crippen LogP contribution in [0, 0.1) is 0 Å². The number of likely N-dealkylation sites (N-methyl/N-ethyl adjacent to an activating group) is 2. The highest BCUT2D eigenvalue weighted by molar-refractivity contribution is 5.80. The average Bonchev–Trinajstić information content (AvgIpc) is 2.43. The van der Waals surface area contributed by atoms with E-state index in [9.17, 15) is 4.79 Å². The van der Waals surface area contributed by atoms with E-state index in [0.29, 0.717) is 6.04 Å². The molecule has 0 aromatic rings. The van der Waals surface area contributed by atoms with Crippen molar-refractivity contribution in [2.24, 2.45) is 0 Å². The van der Waals surface area contributed by atoms with Gasteiger partial charge in [-0.1, -0.05) is 0 Å². The summed E-state index contributed by atoms with van der Waals surface area (Å²) < 4.78 is 5.06. The highest BCUT2D eigenvalue weighted by Crippen LogP contribution is 2.13. The van der Waals surface area contributed by atoms with Crippen LogP contribution < -0.4 is 0 Å². The highest BCUT2D eigenvalue weighted by Gasteiger charge is 2.22. The largest absolute Gasteiger partial charge is 0.372 e. The molecule has 0 aliphatic carbocycles. The van der Waals surface area contributed by atoms with Gasteiger partial charge in [-0.25, -0.2) is 0 Å². The molecule has 5 heteroatoms. The summed E-state index contributed by atoms with van der Waals surface area (Å²) in [7, 11) is 7.75. The van der Waals surface area contributed by atoms with E-state index in [2.05, 4.69) is 23.9 Å². The third kappa shape index (κ3) is 5.09. The molecule has 1 aliphatic rings. The van der Waals surface area contributed by atoms with Crippen LogP contribution in [-0.4, -0.2) is 87.2 Å². The first-order valence-corrected chi connectivity index (χ1v) is 7.12. The Kier molecular flexibility index (Phi) is 6.75. The van der Waals surface area contributed by atoms with E-state index in [4.69, 9.17) is 4.74 Å². The van der Waals surface area contributed by atoms with Gasteiger partial charge < -0.3 is 19.4 Å². The van der Waals surface area contributed by atoms with Crippen molar-refractivity contribution in [2.75, 3.05) is 54.4 Å². The molecule has 0 radical (unpaired) electrons. The smallest absolute Gasteiger partial charge is 0.251 e. The molecule has 1 saturated heterocycles. The zero-order chi connectivity index (χ0) is 14.4. The van der Waals surface area contributed by atoms with E-state index in [0.717, 1.165) is 13.1 Å². The number of rotatable bonds is 6. The zero-order valence-electron chi connectivity index (χ0n) is 13.1. The number of amides is 1. The Hall–Kier alpha value is -0.650. The molecule has 1 fully saturated rings. The topological polar surface area (TPSA) is 36.0 Å². The Morgan fingerprint density at radius 3 is 2.42 bits per heavy atom. The lowest BCUT2D eigenvalue weighted by molar-refractivity contribution is -0.139. The molecular weight excluding hydrogens is 242 g/mol. The molecular formula is C14H29N3O2. The maximum absolute atomic E-state index is 11.9. The van der Waals surface area contributed by atoms with Crippen molar-refractivity contribution in [3.63, 3.8) is 0 Å². The van der Waals surface area contributed by atoms with E-state index >= 15 is 0 Å². The lowest BCUT2D eigenvalue weighted by Crippen LogP contribution is -2.45. The molecule has 5 nitrogen and oxygen atoms in total. The third-order valence-corrected chi connectivity index (χ3v) is 4.18. The number of carbonyl (C=O) groups is 1. The molecule has 1 unspecified atom stereocenters. The van der Waals surface area contributed by atoms with Crippen molar-refractivity contribution >= 4 is 5.91 Å². The quantitative estimate of drug-likeness (QED) is 0.705. The second-order valence-corrected chi connectivity index (χ2v) is 5.65. The Labute approximate surface area is 117 Å². The van der Waals surface area contributed by atoms with Crippen LogP contribution in [0.15, 0.2) is 0 Å². The van der Waals surface area contributed by atoms with Gasteiger partial charge in [0, 0.05) is 33.3 Å². The minimum absolute atomic E-state index is 0.0549. The van der Waals surface area contributed by atoms with Gasteiger partial charge in [0.1, 0.15) is 6.10 Å². The van der Waals surface area contributed by atoms with Crippen molar-refractivity contribution in [1.29, 1.82) is 0 Å². The lowest BCUT2D eigenvalue weighted by atomic mass is 10.0. The van der Waals surface area contributed by atoms with Gasteiger partial charge in [-0.05, 0) is 47.0 Å². The third-order valence-electron chi connectivity index (χ3n) is 4.18. The molecule has 0 spiro atoms. The predicted octanol–water partition coefficient (Wildman–Crippen LogP) is 0.506. The molecule has 1 aliphatic heterocycles. The van der Waals surface area contributed by atoms with Crippen LogP contribution in [0.4, 0.5) is 0 Å². The zero-order valence-corrected chi connectivity index (χ0v) is 13.1. The number of methoxy groups -OCH3 is 1. The predicted molar refractivity (Wildman–Crippen MR) is 77.3 cm³/mol. The molecule has 0 saturated carbocycles. The van der Waals surface area contributed by atoms with E-state index in [1.54, 1.807) is 18.9 Å². The maximum atomic E-state index is 11.9. The van der Waals surface area contributed by atoms with E-state index in [1.165, 1.54) is 25.9 Å². The van der Waals surface area contributed by atoms with Crippen LogP contribution in [0.5, 0.6) is 0 Å². The first-order valence-electron chi connectivity index (χ1n) is 7.12. The van der Waals surface area contributed by atoms with Gasteiger partial charge in [-0.2, -0.15) is 0 Å². The number of nitrogens with zero attached hydrogens (tertiary/aromatic N) is 3. The SMILES string of the molecule is COC(C)C(=O)N(C)CCN(C)C1CCN(C)CC1. The van der Waals surface area contributed by atoms with Gasteiger partial charge in [0.25, 0.3) is 5.91 Å². The molecule has 1 heterocycles. The van der Waals surface area contributed by atoms with E-state index in [1.807, 2.05) is 7.05 Å². The summed E-state index contributed by atoms with van der Waals surface area (Å²) in [5, 5.41) is 0. The number of carbonyl (C=O) groups excluding carboxylic acids is 1. The second kappa shape index (κ2) is 7.82. The van der Waals surface area contributed by atoms with Crippen molar-refractivity contribution < 1.29 is 9.53 Å². The van der Waals surface area contributed by atoms with Gasteiger partial charge in [0.2, 0.25) is 0 Å². The van der Waals surface area contributed by atoms with Gasteiger partial charge >= 0.3 is 0 Å². The summed E-state index contributed by atoms with van der Waals surface area (Å²) in [5.41, 5.74) is 0. The monoisotopic (exact) mass is 271 g/mol. The van der Waals surface area contributed by atoms with Gasteiger partial charge in [0.05, 0.1) is 0 Å². The standard InChI is InChI=1S/C14H29N3O2/c1-12(19-5)14(18)17(4)11-10-16(3)13-6-8-15(2)9-7-13/h12-13H,6-11H2,1-5H3. The molecule has 1 amide bonds. The average molecular weight is 271 g/mol. The van der Waals surface area contributed by atoms with Crippen LogP contribution in [0.1, 0.15) is 19.8 Å². The van der Waals surface area contributed by atoms with Crippen molar-refractivity contribution in [1.82, 2.24) is 14.7 Å². The minimum Gasteiger partial charge on any atom is -0.372 e. The first kappa shape index (κ1) is 16.4. The maximum Gasteiger partial charge on any atom is 0.251 e. The fraction of sp³-hybridized carbons (Fsp3) is 0.929. The fourth-order valence-corrected chi connectivity index (χ4v) is 2.45. The summed E-state index contributed by atoms with van der Waals surface area (Å²) in [6, 6.07) is 0.652. The van der Waals surface area contributed by atoms with Crippen LogP contribution in [-0.2, 0) is 9.53 Å². The molecule has 19 heavy (non-hydrogen) atoms. The Bertz CT molecular complexity index is 278. The molecule has 1 rings (SSSR count). The molecule has 0 N–H and O–H groups in total. The molecule has 1 atom stereocenters. The van der Waals surface area contributed by atoms with Crippen LogP contribution in [0.2, 0.25) is 0 Å². The second-order valence-electron chi connectivity index (χ2n) is 5.65. The summed E-state index contributed by atoms with van der Waals surface area (Å²) in [6.45, 7) is 5.82. The highest BCUT2D eigenvalue weighted by atomic mass is 16.5. The minimum atomic E-state index is -0.348. The van der Waals surface area contributed by atoms with Crippen molar-refractivity contribution in [2.45, 2.75) is 31.9 Å². The summed E-state index contributed by atoms with van der Waals surface area (Å²) >= 11 is 0. The van der Waals surface area contributed by atoms with Crippen LogP contribution in [0.3, 0.4) is 0 Å². The number of hydrogen-bond donors (Lipinski definition) is 0.